The predicted octanol–water partition coefficient (Wildman–Crippen LogP) is 7.25. The van der Waals surface area contributed by atoms with Gasteiger partial charge in [0.25, 0.3) is 11.8 Å². The van der Waals surface area contributed by atoms with Crippen LogP contribution in [0.5, 0.6) is 11.5 Å². The summed E-state index contributed by atoms with van der Waals surface area (Å²) in [7, 11) is 0. The number of carbonyl (C=O) groups excluding carboxylic acids is 4. The van der Waals surface area contributed by atoms with E-state index >= 15 is 0 Å². The summed E-state index contributed by atoms with van der Waals surface area (Å²) in [6, 6.07) is 22.8. The number of anilines is 2. The van der Waals surface area contributed by atoms with Gasteiger partial charge in [0.2, 0.25) is 17.8 Å². The molecule has 1 spiro atoms. The van der Waals surface area contributed by atoms with Crippen LogP contribution in [0.4, 0.5) is 11.6 Å². The van der Waals surface area contributed by atoms with Crippen molar-refractivity contribution < 1.29 is 38.1 Å². The number of rotatable bonds is 23. The number of hydrogen-bond acceptors (Lipinski definition) is 12. The quantitative estimate of drug-likeness (QED) is 0.0569. The highest BCUT2D eigenvalue weighted by atomic mass is 16.5. The van der Waals surface area contributed by atoms with Crippen LogP contribution in [0.2, 0.25) is 0 Å². The molecule has 2 N–H and O–H groups in total. The van der Waals surface area contributed by atoms with Crippen LogP contribution in [0.1, 0.15) is 116 Å². The maximum absolute atomic E-state index is 13.1. The highest BCUT2D eigenvalue weighted by Crippen LogP contribution is 2.39. The molecule has 4 aliphatic rings. The molecule has 5 heterocycles. The van der Waals surface area contributed by atoms with Gasteiger partial charge in [-0.3, -0.25) is 29.4 Å². The second-order valence-electron chi connectivity index (χ2n) is 18.1. The van der Waals surface area contributed by atoms with Crippen molar-refractivity contribution in [2.24, 2.45) is 5.41 Å². The molecule has 4 amide bonds. The zero-order valence-electron chi connectivity index (χ0n) is 37.1. The summed E-state index contributed by atoms with van der Waals surface area (Å²) < 4.78 is 23.4. The lowest BCUT2D eigenvalue weighted by Crippen LogP contribution is -2.66. The van der Waals surface area contributed by atoms with E-state index in [2.05, 4.69) is 70.8 Å². The fraction of sp³-hybridized carbons (Fsp3) is 0.480. The van der Waals surface area contributed by atoms with E-state index < -0.39 is 29.7 Å². The van der Waals surface area contributed by atoms with E-state index in [1.807, 2.05) is 24.4 Å². The molecule has 64 heavy (non-hydrogen) atoms. The maximum Gasteiger partial charge on any atom is 0.262 e. The molecule has 1 aromatic heterocycles. The first-order valence-corrected chi connectivity index (χ1v) is 22.9. The van der Waals surface area contributed by atoms with Crippen molar-refractivity contribution in [3.8, 4) is 11.5 Å². The molecule has 0 bridgehead atoms. The van der Waals surface area contributed by atoms with Crippen LogP contribution < -0.4 is 25.0 Å². The topological polar surface area (TPSA) is 162 Å². The standard InChI is InChI=1S/C50H60N6O8/c1-49(2,36-13-18-40(19-14-36)64-30-38-23-25-52-48(53-38)55-31-50(32-55)33-62-34-50)35-11-16-39(17-12-35)63-28-9-6-4-3-5-8-26-61-27-10-7-24-51-37-15-20-41-42(29-37)47(60)56(46(41)59)43-21-22-44(57)54-45(43)58/h11-20,23,25,29,43,51H,3-10,21-22,24,26-28,30-34H2,1-2H3,(H,54,57,58). The summed E-state index contributed by atoms with van der Waals surface area (Å²) in [4.78, 5) is 62.2. The smallest absolute Gasteiger partial charge is 0.262 e. The van der Waals surface area contributed by atoms with Gasteiger partial charge in [-0.05, 0) is 91.8 Å². The number of nitrogens with one attached hydrogen (secondary N) is 2. The number of ether oxygens (including phenoxy) is 4. The van der Waals surface area contributed by atoms with E-state index in [0.717, 1.165) is 105 Å². The molecule has 4 aromatic rings. The third kappa shape index (κ3) is 10.6. The summed E-state index contributed by atoms with van der Waals surface area (Å²) in [6.07, 6.45) is 10.6. The Labute approximate surface area is 375 Å². The Balaban J connectivity index is 0.635. The van der Waals surface area contributed by atoms with E-state index in [9.17, 15) is 19.2 Å². The lowest BCUT2D eigenvalue weighted by molar-refractivity contribution is -0.136. The van der Waals surface area contributed by atoms with Gasteiger partial charge in [0.05, 0.1) is 42.1 Å². The van der Waals surface area contributed by atoms with Gasteiger partial charge in [0.1, 0.15) is 24.1 Å². The summed E-state index contributed by atoms with van der Waals surface area (Å²) in [5.74, 6) is 0.458. The number of imide groups is 2. The molecule has 1 atom stereocenters. The molecule has 3 aromatic carbocycles. The van der Waals surface area contributed by atoms with Crippen LogP contribution in [-0.2, 0) is 31.1 Å². The monoisotopic (exact) mass is 872 g/mol. The van der Waals surface area contributed by atoms with E-state index in [1.165, 1.54) is 24.0 Å². The van der Waals surface area contributed by atoms with E-state index in [4.69, 9.17) is 23.9 Å². The number of hydrogen-bond donors (Lipinski definition) is 2. The second-order valence-corrected chi connectivity index (χ2v) is 18.1. The second kappa shape index (κ2) is 20.3. The van der Waals surface area contributed by atoms with Gasteiger partial charge in [0.15, 0.2) is 0 Å². The van der Waals surface area contributed by atoms with Gasteiger partial charge in [-0.2, -0.15) is 0 Å². The molecular formula is C50H60N6O8. The molecule has 3 saturated heterocycles. The normalized spacial score (nSPS) is 17.8. The summed E-state index contributed by atoms with van der Waals surface area (Å²) >= 11 is 0. The van der Waals surface area contributed by atoms with Crippen molar-refractivity contribution in [2.75, 3.05) is 62.9 Å². The fourth-order valence-electron chi connectivity index (χ4n) is 8.80. The zero-order valence-corrected chi connectivity index (χ0v) is 37.1. The fourth-order valence-corrected chi connectivity index (χ4v) is 8.80. The van der Waals surface area contributed by atoms with E-state index in [0.29, 0.717) is 31.8 Å². The molecule has 338 valence electrons. The predicted molar refractivity (Wildman–Crippen MR) is 242 cm³/mol. The van der Waals surface area contributed by atoms with Crippen molar-refractivity contribution in [3.05, 3.63) is 107 Å². The molecule has 1 unspecified atom stereocenters. The molecule has 0 aliphatic carbocycles. The number of piperidine rings is 1. The largest absolute Gasteiger partial charge is 0.494 e. The van der Waals surface area contributed by atoms with Crippen molar-refractivity contribution >= 4 is 35.3 Å². The minimum atomic E-state index is -0.966. The Morgan fingerprint density at radius 1 is 0.766 bits per heavy atom. The number of nitrogens with zero attached hydrogens (tertiary/aromatic N) is 4. The third-order valence-electron chi connectivity index (χ3n) is 12.8. The van der Waals surface area contributed by atoms with Gasteiger partial charge in [-0.25, -0.2) is 9.97 Å². The Kier molecular flexibility index (Phi) is 14.2. The van der Waals surface area contributed by atoms with Gasteiger partial charge in [-0.15, -0.1) is 0 Å². The van der Waals surface area contributed by atoms with Gasteiger partial charge in [0, 0.05) is 56.6 Å². The highest BCUT2D eigenvalue weighted by Gasteiger charge is 2.50. The summed E-state index contributed by atoms with van der Waals surface area (Å²) in [6.45, 7) is 11.3. The number of unbranched alkanes of at least 4 members (excludes halogenated alkanes) is 6. The van der Waals surface area contributed by atoms with Crippen LogP contribution in [0.15, 0.2) is 79.0 Å². The van der Waals surface area contributed by atoms with Crippen LogP contribution >= 0.6 is 0 Å². The van der Waals surface area contributed by atoms with Crippen molar-refractivity contribution in [3.63, 3.8) is 0 Å². The highest BCUT2D eigenvalue weighted by molar-refractivity contribution is 6.23. The first-order chi connectivity index (χ1) is 31.1. The van der Waals surface area contributed by atoms with Crippen LogP contribution in [-0.4, -0.2) is 97.2 Å². The lowest BCUT2D eigenvalue weighted by atomic mass is 9.78. The molecule has 14 heteroatoms. The Bertz CT molecular complexity index is 2270. The first kappa shape index (κ1) is 44.7. The number of benzene rings is 3. The minimum absolute atomic E-state index is 0.0943. The van der Waals surface area contributed by atoms with Gasteiger partial charge in [-0.1, -0.05) is 63.8 Å². The van der Waals surface area contributed by atoms with Crippen LogP contribution in [0.3, 0.4) is 0 Å². The maximum atomic E-state index is 13.1. The zero-order chi connectivity index (χ0) is 44.5. The van der Waals surface area contributed by atoms with Crippen molar-refractivity contribution in [1.82, 2.24) is 20.2 Å². The minimum Gasteiger partial charge on any atom is -0.494 e. The molecule has 3 fully saturated rings. The van der Waals surface area contributed by atoms with Crippen LogP contribution in [0, 0.1) is 5.41 Å². The summed E-state index contributed by atoms with van der Waals surface area (Å²) in [5.41, 5.74) is 4.71. The number of carbonyl (C=O) groups is 4. The van der Waals surface area contributed by atoms with E-state index in [1.54, 1.807) is 18.2 Å². The Hall–Kier alpha value is -5.86. The molecule has 0 saturated carbocycles. The summed E-state index contributed by atoms with van der Waals surface area (Å²) in [5, 5.41) is 5.54. The molecule has 4 aliphatic heterocycles. The van der Waals surface area contributed by atoms with E-state index in [-0.39, 0.29) is 29.4 Å². The average molecular weight is 873 g/mol. The number of amides is 4. The van der Waals surface area contributed by atoms with Gasteiger partial charge >= 0.3 is 0 Å². The Morgan fingerprint density at radius 3 is 2.08 bits per heavy atom. The number of fused-ring (bicyclic) bond motifs is 1. The molecule has 0 radical (unpaired) electrons. The lowest BCUT2D eigenvalue weighted by Gasteiger charge is -2.54. The SMILES string of the molecule is CC(C)(c1ccc(OCCCCCCCCOCCCCNc2ccc3c(c2)C(=O)N(C2CCC(=O)NC2=O)C3=O)cc1)c1ccc(OCc2ccnc(N3CC4(COC4)C3)n2)cc1. The third-order valence-corrected chi connectivity index (χ3v) is 12.8. The molecule has 8 rings (SSSR count). The molecule has 14 nitrogen and oxygen atoms in total. The van der Waals surface area contributed by atoms with Gasteiger partial charge < -0.3 is 29.2 Å². The van der Waals surface area contributed by atoms with Crippen molar-refractivity contribution in [2.45, 2.75) is 96.1 Å². The first-order valence-electron chi connectivity index (χ1n) is 22.9. The van der Waals surface area contributed by atoms with Crippen molar-refractivity contribution in [1.29, 1.82) is 0 Å². The number of aromatic nitrogens is 2. The average Bonchev–Trinajstić information content (AvgIpc) is 3.51. The van der Waals surface area contributed by atoms with Crippen LogP contribution in [0.25, 0.3) is 0 Å². The molecular weight excluding hydrogens is 813 g/mol. The Morgan fingerprint density at radius 2 is 1.41 bits per heavy atom.